The van der Waals surface area contributed by atoms with Crippen LogP contribution in [0.25, 0.3) is 0 Å². The number of aromatic nitrogens is 2. The largest absolute Gasteiger partial charge is 0.435 e. The summed E-state index contributed by atoms with van der Waals surface area (Å²) < 4.78 is 47.3. The van der Waals surface area contributed by atoms with E-state index in [1.165, 1.54) is 14.2 Å². The van der Waals surface area contributed by atoms with E-state index in [0.29, 0.717) is 0 Å². The van der Waals surface area contributed by atoms with Gasteiger partial charge in [0, 0.05) is 19.9 Å². The topological polar surface area (TPSA) is 47.1 Å². The smallest absolute Gasteiger partial charge is 0.349 e. The first kappa shape index (κ1) is 13.0. The number of nitrogens with one attached hydrogen (secondary N) is 1. The number of alkyl halides is 3. The number of rotatable bonds is 4. The maximum atomic E-state index is 12.6. The van der Waals surface area contributed by atoms with Crippen molar-refractivity contribution >= 4 is 0 Å². The molecule has 0 radical (unpaired) electrons. The molecule has 0 unspecified atom stereocenters. The zero-order chi connectivity index (χ0) is 12.3. The molecule has 0 amide bonds. The molecule has 0 aliphatic rings. The lowest BCUT2D eigenvalue weighted by Crippen LogP contribution is -2.09. The molecule has 4 nitrogen and oxygen atoms in total. The minimum atomic E-state index is -4.47. The molecule has 0 atom stereocenters. The maximum absolute atomic E-state index is 12.6. The molecule has 0 bridgehead atoms. The van der Waals surface area contributed by atoms with Crippen molar-refractivity contribution in [2.24, 2.45) is 0 Å². The summed E-state index contributed by atoms with van der Waals surface area (Å²) in [5.41, 5.74) is -0.884. The van der Waals surface area contributed by atoms with Crippen LogP contribution in [-0.2, 0) is 22.1 Å². The normalized spacial score (nSPS) is 12.4. The zero-order valence-electron chi connectivity index (χ0n) is 9.18. The lowest BCUT2D eigenvalue weighted by molar-refractivity contribution is -0.142. The number of aromatic amines is 1. The van der Waals surface area contributed by atoms with Crippen LogP contribution in [0, 0.1) is 0 Å². The van der Waals surface area contributed by atoms with Gasteiger partial charge in [-0.15, -0.1) is 0 Å². The summed E-state index contributed by atoms with van der Waals surface area (Å²) in [5, 5.41) is 0. The Labute approximate surface area is 90.8 Å². The second-order valence-electron chi connectivity index (χ2n) is 3.10. The molecule has 7 heteroatoms. The second-order valence-corrected chi connectivity index (χ2v) is 3.10. The highest BCUT2D eigenvalue weighted by atomic mass is 19.4. The molecular weight excluding hydrogens is 225 g/mol. The Bertz CT molecular complexity index is 345. The minimum Gasteiger partial charge on any atom is -0.349 e. The molecule has 1 N–H and O–H groups in total. The Kier molecular flexibility index (Phi) is 3.93. The average molecular weight is 238 g/mol. The monoisotopic (exact) mass is 238 g/mol. The van der Waals surface area contributed by atoms with Gasteiger partial charge in [0.1, 0.15) is 0 Å². The van der Waals surface area contributed by atoms with Crippen molar-refractivity contribution in [1.29, 1.82) is 0 Å². The molecule has 16 heavy (non-hydrogen) atoms. The molecule has 0 saturated heterocycles. The summed E-state index contributed by atoms with van der Waals surface area (Å²) in [5.74, 6) is 0.0224. The summed E-state index contributed by atoms with van der Waals surface area (Å²) >= 11 is 0. The van der Waals surface area contributed by atoms with Gasteiger partial charge in [-0.05, 0) is 6.42 Å². The predicted octanol–water partition coefficient (Wildman–Crippen LogP) is 2.28. The second kappa shape index (κ2) is 4.84. The number of nitrogens with zero attached hydrogens (tertiary/aromatic N) is 1. The molecule has 0 spiro atoms. The van der Waals surface area contributed by atoms with Crippen molar-refractivity contribution in [1.82, 2.24) is 9.97 Å². The molecule has 1 aromatic rings. The van der Waals surface area contributed by atoms with Crippen LogP contribution in [0.1, 0.15) is 30.4 Å². The number of hydrogen-bond acceptors (Lipinski definition) is 3. The third kappa shape index (κ3) is 2.53. The van der Waals surface area contributed by atoms with E-state index < -0.39 is 18.2 Å². The number of halogens is 3. The first-order valence-corrected chi connectivity index (χ1v) is 4.65. The van der Waals surface area contributed by atoms with E-state index in [9.17, 15) is 13.2 Å². The van der Waals surface area contributed by atoms with Gasteiger partial charge in [-0.2, -0.15) is 13.2 Å². The molecular formula is C9H13F3N2O2. The van der Waals surface area contributed by atoms with Crippen LogP contribution in [0.2, 0.25) is 0 Å². The summed E-state index contributed by atoms with van der Waals surface area (Å²) in [6.45, 7) is 1.61. The number of hydrogen-bond donors (Lipinski definition) is 1. The van der Waals surface area contributed by atoms with Crippen molar-refractivity contribution < 1.29 is 22.6 Å². The van der Waals surface area contributed by atoms with Crippen LogP contribution in [-0.4, -0.2) is 24.2 Å². The molecule has 92 valence electrons. The fourth-order valence-corrected chi connectivity index (χ4v) is 1.35. The number of ether oxygens (including phenoxy) is 2. The molecule has 1 aromatic heterocycles. The van der Waals surface area contributed by atoms with Gasteiger partial charge in [0.05, 0.1) is 0 Å². The van der Waals surface area contributed by atoms with Crippen molar-refractivity contribution in [2.45, 2.75) is 25.8 Å². The van der Waals surface area contributed by atoms with Crippen LogP contribution < -0.4 is 0 Å². The Morgan fingerprint density at radius 3 is 2.19 bits per heavy atom. The molecule has 0 fully saturated rings. The number of aryl methyl sites for hydroxylation is 1. The van der Waals surface area contributed by atoms with Crippen molar-refractivity contribution in [3.05, 3.63) is 17.2 Å². The van der Waals surface area contributed by atoms with Crippen molar-refractivity contribution in [3.63, 3.8) is 0 Å². The van der Waals surface area contributed by atoms with Crippen LogP contribution in [0.5, 0.6) is 0 Å². The van der Waals surface area contributed by atoms with Crippen molar-refractivity contribution in [3.8, 4) is 0 Å². The van der Waals surface area contributed by atoms with Crippen LogP contribution in [0.15, 0.2) is 0 Å². The van der Waals surface area contributed by atoms with Crippen LogP contribution >= 0.6 is 0 Å². The number of imidazole rings is 1. The van der Waals surface area contributed by atoms with Gasteiger partial charge in [-0.25, -0.2) is 4.98 Å². The zero-order valence-corrected chi connectivity index (χ0v) is 9.18. The van der Waals surface area contributed by atoms with Gasteiger partial charge >= 0.3 is 6.18 Å². The highest BCUT2D eigenvalue weighted by molar-refractivity contribution is 5.18. The summed E-state index contributed by atoms with van der Waals surface area (Å²) in [6, 6.07) is 0. The molecule has 0 aliphatic carbocycles. The summed E-state index contributed by atoms with van der Waals surface area (Å²) in [4.78, 5) is 6.02. The first-order chi connectivity index (χ1) is 7.43. The fraction of sp³-hybridized carbons (Fsp3) is 0.667. The Morgan fingerprint density at radius 1 is 1.31 bits per heavy atom. The average Bonchev–Trinajstić information content (AvgIpc) is 2.63. The molecule has 1 rings (SSSR count). The van der Waals surface area contributed by atoms with Gasteiger partial charge in [0.15, 0.2) is 11.5 Å². The van der Waals surface area contributed by atoms with Gasteiger partial charge in [0.2, 0.25) is 6.29 Å². The number of methoxy groups -OCH3 is 2. The third-order valence-corrected chi connectivity index (χ3v) is 2.07. The van der Waals surface area contributed by atoms with E-state index in [1.807, 2.05) is 0 Å². The van der Waals surface area contributed by atoms with Gasteiger partial charge < -0.3 is 14.5 Å². The Hall–Kier alpha value is -1.08. The van der Waals surface area contributed by atoms with E-state index in [1.54, 1.807) is 6.92 Å². The molecule has 0 aliphatic heterocycles. The quantitative estimate of drug-likeness (QED) is 0.818. The highest BCUT2D eigenvalue weighted by Crippen LogP contribution is 2.32. The van der Waals surface area contributed by atoms with Crippen LogP contribution in [0.4, 0.5) is 13.2 Å². The number of H-pyrrole nitrogens is 1. The Balaban J connectivity index is 3.12. The van der Waals surface area contributed by atoms with E-state index in [-0.39, 0.29) is 17.9 Å². The molecule has 0 aromatic carbocycles. The lowest BCUT2D eigenvalue weighted by atomic mass is 10.2. The van der Waals surface area contributed by atoms with Gasteiger partial charge in [0.25, 0.3) is 0 Å². The SMILES string of the molecule is CCc1[nH]c(C(OC)OC)nc1C(F)(F)F. The molecule has 1 heterocycles. The standard InChI is InChI=1S/C9H13F3N2O2/c1-4-5-6(9(10,11)12)14-7(13-5)8(15-2)16-3/h8H,4H2,1-3H3,(H,13,14). The van der Waals surface area contributed by atoms with E-state index in [0.717, 1.165) is 0 Å². The van der Waals surface area contributed by atoms with E-state index >= 15 is 0 Å². The fourth-order valence-electron chi connectivity index (χ4n) is 1.35. The minimum absolute atomic E-state index is 0.0224. The van der Waals surface area contributed by atoms with Gasteiger partial charge in [-0.3, -0.25) is 0 Å². The van der Waals surface area contributed by atoms with Crippen molar-refractivity contribution in [2.75, 3.05) is 14.2 Å². The summed E-state index contributed by atoms with van der Waals surface area (Å²) in [6.07, 6.45) is -5.17. The van der Waals surface area contributed by atoms with Crippen LogP contribution in [0.3, 0.4) is 0 Å². The predicted molar refractivity (Wildman–Crippen MR) is 49.7 cm³/mol. The van der Waals surface area contributed by atoms with E-state index in [2.05, 4.69) is 9.97 Å². The van der Waals surface area contributed by atoms with Gasteiger partial charge in [-0.1, -0.05) is 6.92 Å². The first-order valence-electron chi connectivity index (χ1n) is 4.65. The maximum Gasteiger partial charge on any atom is 0.435 e. The highest BCUT2D eigenvalue weighted by Gasteiger charge is 2.37. The summed E-state index contributed by atoms with van der Waals surface area (Å²) in [7, 11) is 2.66. The third-order valence-electron chi connectivity index (χ3n) is 2.07. The van der Waals surface area contributed by atoms with E-state index in [4.69, 9.17) is 9.47 Å². The molecule has 0 saturated carbocycles. The lowest BCUT2D eigenvalue weighted by Gasteiger charge is -2.09. The Morgan fingerprint density at radius 2 is 1.88 bits per heavy atom.